The lowest BCUT2D eigenvalue weighted by Gasteiger charge is -2.09. The average molecular weight is 399 g/mol. The van der Waals surface area contributed by atoms with Crippen molar-refractivity contribution < 1.29 is 22.7 Å². The molecule has 29 heavy (non-hydrogen) atoms. The number of halogens is 2. The number of aromatic nitrogens is 5. The van der Waals surface area contributed by atoms with E-state index in [9.17, 15) is 13.6 Å². The number of benzene rings is 1. The standard InChI is InChI=1S/C19H15F2N5O3/c1-10-22-8-16(29-10)14(27)5-12-7-23-17-13(3-4-15(28-2)18(17)25-12)11-6-24-26(9-11)19(20)21/h3-4,6-9,19H,5H2,1-2H3. The van der Waals surface area contributed by atoms with E-state index in [-0.39, 0.29) is 18.0 Å². The van der Waals surface area contributed by atoms with E-state index >= 15 is 0 Å². The number of rotatable bonds is 6. The van der Waals surface area contributed by atoms with Crippen LogP contribution in [-0.2, 0) is 6.42 Å². The molecule has 3 aromatic heterocycles. The van der Waals surface area contributed by atoms with Gasteiger partial charge in [0.15, 0.2) is 11.7 Å². The Labute approximate surface area is 163 Å². The van der Waals surface area contributed by atoms with Crippen molar-refractivity contribution in [2.24, 2.45) is 0 Å². The first-order valence-corrected chi connectivity index (χ1v) is 8.57. The molecular formula is C19H15F2N5O3. The number of alkyl halides is 2. The molecule has 0 aliphatic rings. The number of hydrogen-bond acceptors (Lipinski definition) is 7. The number of ether oxygens (including phenoxy) is 1. The number of ketones is 1. The van der Waals surface area contributed by atoms with Gasteiger partial charge in [-0.1, -0.05) is 0 Å². The molecule has 3 heterocycles. The third-order valence-corrected chi connectivity index (χ3v) is 4.28. The summed E-state index contributed by atoms with van der Waals surface area (Å²) < 4.78 is 36.9. The Morgan fingerprint density at radius 3 is 2.69 bits per heavy atom. The molecule has 10 heteroatoms. The van der Waals surface area contributed by atoms with Gasteiger partial charge in [0.2, 0.25) is 5.78 Å². The number of hydrogen-bond donors (Lipinski definition) is 0. The minimum absolute atomic E-state index is 0.0335. The number of aryl methyl sites for hydroxylation is 1. The number of methoxy groups -OCH3 is 1. The van der Waals surface area contributed by atoms with Gasteiger partial charge in [0.1, 0.15) is 16.8 Å². The Balaban J connectivity index is 1.74. The lowest BCUT2D eigenvalue weighted by atomic mass is 10.1. The van der Waals surface area contributed by atoms with Crippen molar-refractivity contribution in [2.45, 2.75) is 19.9 Å². The van der Waals surface area contributed by atoms with Crippen LogP contribution < -0.4 is 4.74 Å². The third-order valence-electron chi connectivity index (χ3n) is 4.28. The summed E-state index contributed by atoms with van der Waals surface area (Å²) in [5.41, 5.74) is 2.31. The molecule has 0 bridgehead atoms. The van der Waals surface area contributed by atoms with E-state index in [1.165, 1.54) is 31.9 Å². The molecule has 0 N–H and O–H groups in total. The fourth-order valence-corrected chi connectivity index (χ4v) is 2.92. The highest BCUT2D eigenvalue weighted by Crippen LogP contribution is 2.32. The molecule has 8 nitrogen and oxygen atoms in total. The fraction of sp³-hybridized carbons (Fsp3) is 0.211. The van der Waals surface area contributed by atoms with Gasteiger partial charge in [0, 0.05) is 30.4 Å². The number of Topliss-reactive ketones (excluding diaryl/α,β-unsaturated/α-hetero) is 1. The molecule has 0 saturated carbocycles. The first-order chi connectivity index (χ1) is 14.0. The lowest BCUT2D eigenvalue weighted by molar-refractivity contribution is 0.0566. The Morgan fingerprint density at radius 1 is 1.21 bits per heavy atom. The zero-order chi connectivity index (χ0) is 20.5. The van der Waals surface area contributed by atoms with Crippen LogP contribution >= 0.6 is 0 Å². The van der Waals surface area contributed by atoms with E-state index in [0.717, 1.165) is 0 Å². The summed E-state index contributed by atoms with van der Waals surface area (Å²) in [6, 6.07) is 3.36. The molecular weight excluding hydrogens is 384 g/mol. The quantitative estimate of drug-likeness (QED) is 0.457. The second kappa shape index (κ2) is 7.38. The van der Waals surface area contributed by atoms with Crippen molar-refractivity contribution in [1.29, 1.82) is 0 Å². The van der Waals surface area contributed by atoms with Gasteiger partial charge >= 0.3 is 6.55 Å². The molecule has 0 aliphatic heterocycles. The van der Waals surface area contributed by atoms with E-state index in [2.05, 4.69) is 20.1 Å². The Kier molecular flexibility index (Phi) is 4.75. The van der Waals surface area contributed by atoms with Gasteiger partial charge in [-0.2, -0.15) is 13.9 Å². The molecule has 0 amide bonds. The highest BCUT2D eigenvalue weighted by atomic mass is 19.3. The molecule has 4 aromatic rings. The van der Waals surface area contributed by atoms with E-state index in [4.69, 9.17) is 9.15 Å². The summed E-state index contributed by atoms with van der Waals surface area (Å²) in [7, 11) is 1.49. The van der Waals surface area contributed by atoms with Crippen LogP contribution in [0.2, 0.25) is 0 Å². The van der Waals surface area contributed by atoms with Crippen LogP contribution in [0.1, 0.15) is 28.7 Å². The zero-order valence-corrected chi connectivity index (χ0v) is 15.5. The molecule has 1 aromatic carbocycles. The highest BCUT2D eigenvalue weighted by molar-refractivity contribution is 5.96. The van der Waals surface area contributed by atoms with Gasteiger partial charge in [-0.05, 0) is 12.1 Å². The number of fused-ring (bicyclic) bond motifs is 1. The molecule has 148 valence electrons. The topological polar surface area (TPSA) is 95.9 Å². The number of carbonyl (C=O) groups is 1. The lowest BCUT2D eigenvalue weighted by Crippen LogP contribution is -2.05. The van der Waals surface area contributed by atoms with Gasteiger partial charge in [0.05, 0.1) is 31.6 Å². The number of carbonyl (C=O) groups excluding carboxylic acids is 1. The molecule has 0 spiro atoms. The highest BCUT2D eigenvalue weighted by Gasteiger charge is 2.17. The third kappa shape index (κ3) is 3.56. The molecule has 4 rings (SSSR count). The maximum Gasteiger partial charge on any atom is 0.333 e. The van der Waals surface area contributed by atoms with Crippen LogP contribution in [-0.4, -0.2) is 37.6 Å². The van der Waals surface area contributed by atoms with Gasteiger partial charge in [0.25, 0.3) is 0 Å². The van der Waals surface area contributed by atoms with E-state index < -0.39 is 6.55 Å². The van der Waals surface area contributed by atoms with Crippen molar-refractivity contribution in [3.05, 3.63) is 54.3 Å². The molecule has 0 aliphatic carbocycles. The summed E-state index contributed by atoms with van der Waals surface area (Å²) in [6.07, 6.45) is 5.36. The summed E-state index contributed by atoms with van der Waals surface area (Å²) in [5.74, 6) is 0.702. The zero-order valence-electron chi connectivity index (χ0n) is 15.5. The summed E-state index contributed by atoms with van der Waals surface area (Å²) in [5, 5.41) is 3.66. The summed E-state index contributed by atoms with van der Waals surface area (Å²) >= 11 is 0. The molecule has 0 unspecified atom stereocenters. The van der Waals surface area contributed by atoms with Gasteiger partial charge < -0.3 is 9.15 Å². The fourth-order valence-electron chi connectivity index (χ4n) is 2.92. The Morgan fingerprint density at radius 2 is 2.03 bits per heavy atom. The summed E-state index contributed by atoms with van der Waals surface area (Å²) in [6.45, 7) is -1.09. The van der Waals surface area contributed by atoms with Crippen molar-refractivity contribution in [3.8, 4) is 16.9 Å². The maximum atomic E-state index is 12.9. The van der Waals surface area contributed by atoms with Crippen LogP contribution in [0.4, 0.5) is 8.78 Å². The van der Waals surface area contributed by atoms with Crippen molar-refractivity contribution in [2.75, 3.05) is 7.11 Å². The summed E-state index contributed by atoms with van der Waals surface area (Å²) in [4.78, 5) is 25.2. The van der Waals surface area contributed by atoms with Gasteiger partial charge in [-0.25, -0.2) is 14.6 Å². The van der Waals surface area contributed by atoms with Gasteiger partial charge in [-0.15, -0.1) is 0 Å². The average Bonchev–Trinajstić information content (AvgIpc) is 3.36. The number of oxazole rings is 1. The first-order valence-electron chi connectivity index (χ1n) is 8.57. The molecule has 0 radical (unpaired) electrons. The van der Waals surface area contributed by atoms with Crippen LogP contribution in [0.15, 0.2) is 41.3 Å². The van der Waals surface area contributed by atoms with Crippen LogP contribution in [0.5, 0.6) is 5.75 Å². The number of nitrogens with zero attached hydrogens (tertiary/aromatic N) is 5. The minimum atomic E-state index is -2.74. The van der Waals surface area contributed by atoms with Crippen molar-refractivity contribution in [1.82, 2.24) is 24.7 Å². The second-order valence-electron chi connectivity index (χ2n) is 6.20. The minimum Gasteiger partial charge on any atom is -0.494 e. The molecule has 0 fully saturated rings. The van der Waals surface area contributed by atoms with E-state index in [0.29, 0.717) is 44.2 Å². The van der Waals surface area contributed by atoms with Crippen LogP contribution in [0.3, 0.4) is 0 Å². The van der Waals surface area contributed by atoms with Crippen molar-refractivity contribution in [3.63, 3.8) is 0 Å². The predicted molar refractivity (Wildman–Crippen MR) is 97.8 cm³/mol. The second-order valence-corrected chi connectivity index (χ2v) is 6.20. The Bertz CT molecular complexity index is 1200. The first kappa shape index (κ1) is 18.7. The van der Waals surface area contributed by atoms with Crippen LogP contribution in [0, 0.1) is 6.92 Å². The monoisotopic (exact) mass is 399 g/mol. The molecule has 0 atom stereocenters. The molecule has 0 saturated heterocycles. The largest absolute Gasteiger partial charge is 0.494 e. The van der Waals surface area contributed by atoms with E-state index in [1.807, 2.05) is 0 Å². The Hall–Kier alpha value is -3.69. The van der Waals surface area contributed by atoms with Crippen molar-refractivity contribution >= 4 is 16.8 Å². The van der Waals surface area contributed by atoms with E-state index in [1.54, 1.807) is 19.1 Å². The van der Waals surface area contributed by atoms with Gasteiger partial charge in [-0.3, -0.25) is 9.78 Å². The smallest absolute Gasteiger partial charge is 0.333 e. The van der Waals surface area contributed by atoms with Crippen LogP contribution in [0.25, 0.3) is 22.2 Å². The SMILES string of the molecule is COc1ccc(-c2cnn(C(F)F)c2)c2ncc(CC(=O)c3cnc(C)o3)nc12. The normalized spacial score (nSPS) is 11.3. The maximum absolute atomic E-state index is 12.9. The predicted octanol–water partition coefficient (Wildman–Crippen LogP) is 3.62.